The van der Waals surface area contributed by atoms with Crippen LogP contribution in [-0.2, 0) is 4.79 Å². The molecule has 1 amide bonds. The minimum Gasteiger partial charge on any atom is -0.396 e. The minimum absolute atomic E-state index is 0.0630. The Kier molecular flexibility index (Phi) is 6.01. The summed E-state index contributed by atoms with van der Waals surface area (Å²) < 4.78 is 1.80. The molecule has 0 radical (unpaired) electrons. The molecule has 2 aromatic rings. The van der Waals surface area contributed by atoms with Crippen molar-refractivity contribution >= 4 is 12.0 Å². The van der Waals surface area contributed by atoms with E-state index in [-0.39, 0.29) is 12.5 Å². The molecule has 5 nitrogen and oxygen atoms in total. The van der Waals surface area contributed by atoms with Crippen LogP contribution in [-0.4, -0.2) is 45.4 Å². The predicted octanol–water partition coefficient (Wildman–Crippen LogP) is 2.90. The predicted molar refractivity (Wildman–Crippen MR) is 98.2 cm³/mol. The summed E-state index contributed by atoms with van der Waals surface area (Å²) in [6.07, 6.45) is 11.1. The Hall–Kier alpha value is -2.40. The number of hydrogen-bond acceptors (Lipinski definition) is 3. The zero-order valence-corrected chi connectivity index (χ0v) is 14.4. The van der Waals surface area contributed by atoms with Gasteiger partial charge in [-0.05, 0) is 49.8 Å². The fraction of sp³-hybridized carbons (Fsp3) is 0.400. The Balaban J connectivity index is 1.52. The van der Waals surface area contributed by atoms with E-state index in [1.165, 1.54) is 0 Å². The van der Waals surface area contributed by atoms with Crippen LogP contribution in [0.4, 0.5) is 0 Å². The second kappa shape index (κ2) is 8.62. The number of likely N-dealkylation sites (tertiary alicyclic amines) is 1. The lowest BCUT2D eigenvalue weighted by atomic mass is 9.92. The first kappa shape index (κ1) is 17.4. The number of carbonyl (C=O) groups is 1. The third kappa shape index (κ3) is 4.79. The number of nitrogens with zero attached hydrogens (tertiary/aromatic N) is 3. The van der Waals surface area contributed by atoms with Gasteiger partial charge < -0.3 is 10.0 Å². The number of aliphatic hydroxyl groups excluding tert-OH is 1. The molecule has 0 spiro atoms. The molecule has 0 bridgehead atoms. The summed E-state index contributed by atoms with van der Waals surface area (Å²) >= 11 is 0. The molecule has 0 atom stereocenters. The van der Waals surface area contributed by atoms with E-state index in [1.807, 2.05) is 47.5 Å². The maximum atomic E-state index is 12.3. The van der Waals surface area contributed by atoms with Crippen molar-refractivity contribution < 1.29 is 9.90 Å². The summed E-state index contributed by atoms with van der Waals surface area (Å²) in [4.78, 5) is 14.3. The van der Waals surface area contributed by atoms with Gasteiger partial charge in [0.2, 0.25) is 5.91 Å². The molecule has 25 heavy (non-hydrogen) atoms. The first-order chi connectivity index (χ1) is 12.3. The van der Waals surface area contributed by atoms with E-state index in [2.05, 4.69) is 5.10 Å². The maximum Gasteiger partial charge on any atom is 0.246 e. The molecule has 1 aromatic carbocycles. The molecule has 1 aliphatic heterocycles. The second-order valence-corrected chi connectivity index (χ2v) is 6.52. The fourth-order valence-electron chi connectivity index (χ4n) is 3.24. The highest BCUT2D eigenvalue weighted by molar-refractivity contribution is 5.91. The monoisotopic (exact) mass is 339 g/mol. The van der Waals surface area contributed by atoms with Crippen molar-refractivity contribution in [2.45, 2.75) is 25.7 Å². The van der Waals surface area contributed by atoms with Gasteiger partial charge in [-0.25, -0.2) is 4.68 Å². The Morgan fingerprint density at radius 1 is 1.24 bits per heavy atom. The number of benzene rings is 1. The number of rotatable bonds is 6. The van der Waals surface area contributed by atoms with Crippen LogP contribution in [0, 0.1) is 5.92 Å². The molecular weight excluding hydrogens is 314 g/mol. The molecule has 132 valence electrons. The van der Waals surface area contributed by atoms with Gasteiger partial charge in [0.05, 0.1) is 11.9 Å². The molecule has 1 aromatic heterocycles. The van der Waals surface area contributed by atoms with Crippen LogP contribution in [0.5, 0.6) is 0 Å². The summed E-state index contributed by atoms with van der Waals surface area (Å²) in [6, 6.07) is 9.90. The topological polar surface area (TPSA) is 58.4 Å². The fourth-order valence-corrected chi connectivity index (χ4v) is 3.24. The normalized spacial score (nSPS) is 15.8. The number of aromatic nitrogens is 2. The van der Waals surface area contributed by atoms with Crippen LogP contribution in [0.3, 0.4) is 0 Å². The van der Waals surface area contributed by atoms with E-state index in [9.17, 15) is 4.79 Å². The lowest BCUT2D eigenvalue weighted by Gasteiger charge is -2.31. The van der Waals surface area contributed by atoms with Crippen molar-refractivity contribution in [2.75, 3.05) is 19.7 Å². The smallest absolute Gasteiger partial charge is 0.246 e. The number of aliphatic hydroxyl groups is 1. The van der Waals surface area contributed by atoms with Gasteiger partial charge in [0.15, 0.2) is 0 Å². The Morgan fingerprint density at radius 3 is 2.72 bits per heavy atom. The van der Waals surface area contributed by atoms with Crippen LogP contribution in [0.2, 0.25) is 0 Å². The number of piperidine rings is 1. The number of hydrogen-bond donors (Lipinski definition) is 1. The third-order valence-electron chi connectivity index (χ3n) is 4.74. The van der Waals surface area contributed by atoms with Crippen LogP contribution >= 0.6 is 0 Å². The first-order valence-electron chi connectivity index (χ1n) is 8.94. The Labute approximate surface area is 148 Å². The molecule has 0 aliphatic carbocycles. The Morgan fingerprint density at radius 2 is 2.00 bits per heavy atom. The van der Waals surface area contributed by atoms with E-state index >= 15 is 0 Å². The number of carbonyl (C=O) groups excluding carboxylic acids is 1. The Bertz CT molecular complexity index is 701. The van der Waals surface area contributed by atoms with Crippen LogP contribution < -0.4 is 0 Å². The molecule has 0 unspecified atom stereocenters. The van der Waals surface area contributed by atoms with Gasteiger partial charge in [0.1, 0.15) is 0 Å². The molecule has 5 heteroatoms. The number of para-hydroxylation sites is 1. The SMILES string of the molecule is O=C(/C=C/c1cnn(-c2ccccc2)c1)N1CCC(CCCO)CC1. The molecule has 1 saturated heterocycles. The maximum absolute atomic E-state index is 12.3. The van der Waals surface area contributed by atoms with Crippen LogP contribution in [0.25, 0.3) is 11.8 Å². The lowest BCUT2D eigenvalue weighted by Crippen LogP contribution is -2.37. The van der Waals surface area contributed by atoms with Crippen molar-refractivity contribution in [2.24, 2.45) is 5.92 Å². The standard InChI is InChI=1S/C20H25N3O2/c24-14-4-5-17-10-12-22(13-11-17)20(25)9-8-18-15-21-23(16-18)19-6-2-1-3-7-19/h1-3,6-9,15-17,24H,4-5,10-14H2/b9-8+. The zero-order chi connectivity index (χ0) is 17.5. The summed E-state index contributed by atoms with van der Waals surface area (Å²) in [5, 5.41) is 13.2. The van der Waals surface area contributed by atoms with Gasteiger partial charge in [-0.3, -0.25) is 4.79 Å². The van der Waals surface area contributed by atoms with Gasteiger partial charge in [-0.2, -0.15) is 5.10 Å². The summed E-state index contributed by atoms with van der Waals surface area (Å²) in [6.45, 7) is 1.88. The largest absolute Gasteiger partial charge is 0.396 e. The molecule has 1 N–H and O–H groups in total. The van der Waals surface area contributed by atoms with E-state index in [1.54, 1.807) is 17.0 Å². The molecule has 2 heterocycles. The minimum atomic E-state index is 0.0630. The third-order valence-corrected chi connectivity index (χ3v) is 4.74. The zero-order valence-electron chi connectivity index (χ0n) is 14.4. The summed E-state index contributed by atoms with van der Waals surface area (Å²) in [5.74, 6) is 0.706. The first-order valence-corrected chi connectivity index (χ1v) is 8.94. The second-order valence-electron chi connectivity index (χ2n) is 6.52. The highest BCUT2D eigenvalue weighted by Gasteiger charge is 2.21. The van der Waals surface area contributed by atoms with E-state index in [4.69, 9.17) is 5.11 Å². The van der Waals surface area contributed by atoms with Gasteiger partial charge in [0, 0.05) is 37.5 Å². The highest BCUT2D eigenvalue weighted by Crippen LogP contribution is 2.22. The lowest BCUT2D eigenvalue weighted by molar-refractivity contribution is -0.127. The van der Waals surface area contributed by atoms with Gasteiger partial charge in [-0.1, -0.05) is 18.2 Å². The quantitative estimate of drug-likeness (QED) is 0.823. The van der Waals surface area contributed by atoms with Crippen molar-refractivity contribution in [3.05, 3.63) is 54.4 Å². The van der Waals surface area contributed by atoms with Crippen molar-refractivity contribution in [1.82, 2.24) is 14.7 Å². The van der Waals surface area contributed by atoms with Crippen LogP contribution in [0.1, 0.15) is 31.2 Å². The molecular formula is C20H25N3O2. The average molecular weight is 339 g/mol. The van der Waals surface area contributed by atoms with E-state index < -0.39 is 0 Å². The van der Waals surface area contributed by atoms with Gasteiger partial charge in [0.25, 0.3) is 0 Å². The molecule has 1 aliphatic rings. The van der Waals surface area contributed by atoms with Crippen molar-refractivity contribution in [1.29, 1.82) is 0 Å². The summed E-state index contributed by atoms with van der Waals surface area (Å²) in [7, 11) is 0. The molecule has 0 saturated carbocycles. The van der Waals surface area contributed by atoms with E-state index in [0.717, 1.165) is 50.0 Å². The molecule has 1 fully saturated rings. The van der Waals surface area contributed by atoms with Crippen molar-refractivity contribution in [3.8, 4) is 5.69 Å². The van der Waals surface area contributed by atoms with Crippen molar-refractivity contribution in [3.63, 3.8) is 0 Å². The number of amides is 1. The van der Waals surface area contributed by atoms with Gasteiger partial charge >= 0.3 is 0 Å². The van der Waals surface area contributed by atoms with E-state index in [0.29, 0.717) is 5.92 Å². The molecule has 3 rings (SSSR count). The highest BCUT2D eigenvalue weighted by atomic mass is 16.2. The van der Waals surface area contributed by atoms with Gasteiger partial charge in [-0.15, -0.1) is 0 Å². The van der Waals surface area contributed by atoms with Crippen LogP contribution in [0.15, 0.2) is 48.8 Å². The average Bonchev–Trinajstić information content (AvgIpc) is 3.14. The summed E-state index contributed by atoms with van der Waals surface area (Å²) in [5.41, 5.74) is 1.91.